The lowest BCUT2D eigenvalue weighted by molar-refractivity contribution is -0.137. The van der Waals surface area contributed by atoms with Crippen LogP contribution in [0.2, 0.25) is 0 Å². The van der Waals surface area contributed by atoms with Crippen molar-refractivity contribution < 1.29 is 9.90 Å². The fourth-order valence-corrected chi connectivity index (χ4v) is 2.00. The lowest BCUT2D eigenvalue weighted by Gasteiger charge is -2.13. The Hall–Kier alpha value is -1.32. The average Bonchev–Trinajstić information content (AvgIpc) is 2.75. The molecule has 0 bridgehead atoms. The molecule has 0 unspecified atom stereocenters. The van der Waals surface area contributed by atoms with E-state index in [9.17, 15) is 4.79 Å². The molecule has 1 heterocycles. The number of hydrogen-bond donors (Lipinski definition) is 1. The molecule has 1 saturated carbocycles. The van der Waals surface area contributed by atoms with Crippen molar-refractivity contribution in [3.63, 3.8) is 0 Å². The van der Waals surface area contributed by atoms with Gasteiger partial charge >= 0.3 is 5.97 Å². The number of hydrogen-bond acceptors (Lipinski definition) is 2. The summed E-state index contributed by atoms with van der Waals surface area (Å²) in [6.07, 6.45) is 3.94. The highest BCUT2D eigenvalue weighted by atomic mass is 16.4. The molecule has 2 rings (SSSR count). The van der Waals surface area contributed by atoms with Crippen LogP contribution in [-0.4, -0.2) is 20.9 Å². The minimum absolute atomic E-state index is 0.113. The van der Waals surface area contributed by atoms with Gasteiger partial charge in [-0.2, -0.15) is 5.10 Å². The third-order valence-electron chi connectivity index (χ3n) is 2.90. The van der Waals surface area contributed by atoms with Crippen molar-refractivity contribution in [2.75, 3.05) is 0 Å². The van der Waals surface area contributed by atoms with Crippen molar-refractivity contribution in [2.24, 2.45) is 0 Å². The van der Waals surface area contributed by atoms with E-state index in [0.29, 0.717) is 0 Å². The van der Waals surface area contributed by atoms with Crippen molar-refractivity contribution in [3.05, 3.63) is 18.0 Å². The summed E-state index contributed by atoms with van der Waals surface area (Å²) in [6, 6.07) is 1.94. The van der Waals surface area contributed by atoms with Crippen LogP contribution in [0.15, 0.2) is 12.3 Å². The van der Waals surface area contributed by atoms with E-state index in [0.717, 1.165) is 25.1 Å². The molecule has 14 heavy (non-hydrogen) atoms. The van der Waals surface area contributed by atoms with Crippen molar-refractivity contribution in [1.82, 2.24) is 9.78 Å². The van der Waals surface area contributed by atoms with Crippen LogP contribution in [0.25, 0.3) is 0 Å². The Morgan fingerprint density at radius 3 is 2.93 bits per heavy atom. The predicted molar refractivity (Wildman–Crippen MR) is 51.1 cm³/mol. The highest BCUT2D eigenvalue weighted by Crippen LogP contribution is 2.50. The number of aryl methyl sites for hydroxylation is 1. The van der Waals surface area contributed by atoms with Crippen molar-refractivity contribution in [1.29, 1.82) is 0 Å². The third-order valence-corrected chi connectivity index (χ3v) is 2.90. The molecule has 76 valence electrons. The second-order valence-corrected chi connectivity index (χ2v) is 3.88. The molecule has 4 nitrogen and oxygen atoms in total. The molecule has 1 N–H and O–H groups in total. The molecule has 1 aliphatic carbocycles. The van der Waals surface area contributed by atoms with Gasteiger partial charge in [-0.15, -0.1) is 0 Å². The number of carboxylic acids is 1. The molecule has 0 aromatic carbocycles. The molecule has 1 aromatic rings. The van der Waals surface area contributed by atoms with Gasteiger partial charge in [0.05, 0.1) is 6.42 Å². The van der Waals surface area contributed by atoms with Gasteiger partial charge in [0.2, 0.25) is 0 Å². The summed E-state index contributed by atoms with van der Waals surface area (Å²) in [5.74, 6) is -0.716. The first-order chi connectivity index (χ1) is 6.68. The summed E-state index contributed by atoms with van der Waals surface area (Å²) in [4.78, 5) is 10.7. The maximum atomic E-state index is 10.7. The molecule has 0 radical (unpaired) electrons. The summed E-state index contributed by atoms with van der Waals surface area (Å²) in [5.41, 5.74) is 0.973. The Kier molecular flexibility index (Phi) is 2.06. The van der Waals surface area contributed by atoms with Gasteiger partial charge in [0.1, 0.15) is 0 Å². The second-order valence-electron chi connectivity index (χ2n) is 3.88. The predicted octanol–water partition coefficient (Wildman–Crippen LogP) is 1.41. The largest absolute Gasteiger partial charge is 0.481 e. The minimum Gasteiger partial charge on any atom is -0.481 e. The third kappa shape index (κ3) is 1.41. The van der Waals surface area contributed by atoms with Crippen LogP contribution in [-0.2, 0) is 16.8 Å². The fourth-order valence-electron chi connectivity index (χ4n) is 2.00. The van der Waals surface area contributed by atoms with E-state index in [4.69, 9.17) is 5.11 Å². The van der Waals surface area contributed by atoms with Gasteiger partial charge in [0.25, 0.3) is 0 Å². The summed E-state index contributed by atoms with van der Waals surface area (Å²) >= 11 is 0. The molecule has 0 aliphatic heterocycles. The van der Waals surface area contributed by atoms with Crippen LogP contribution in [0, 0.1) is 0 Å². The number of nitrogens with zero attached hydrogens (tertiary/aromatic N) is 2. The van der Waals surface area contributed by atoms with E-state index in [1.165, 1.54) is 0 Å². The molecule has 0 saturated heterocycles. The topological polar surface area (TPSA) is 55.1 Å². The highest BCUT2D eigenvalue weighted by Gasteiger charge is 2.48. The van der Waals surface area contributed by atoms with E-state index in [2.05, 4.69) is 5.10 Å². The molecule has 1 fully saturated rings. The normalized spacial score (nSPS) is 18.1. The van der Waals surface area contributed by atoms with Crippen LogP contribution in [0.3, 0.4) is 0 Å². The van der Waals surface area contributed by atoms with Crippen LogP contribution >= 0.6 is 0 Å². The summed E-state index contributed by atoms with van der Waals surface area (Å²) in [5, 5.41) is 13.0. The van der Waals surface area contributed by atoms with E-state index in [1.807, 2.05) is 17.7 Å². The molecular formula is C10H14N2O2. The van der Waals surface area contributed by atoms with Crippen molar-refractivity contribution >= 4 is 5.97 Å². The zero-order valence-corrected chi connectivity index (χ0v) is 8.23. The Morgan fingerprint density at radius 2 is 2.43 bits per heavy atom. The van der Waals surface area contributed by atoms with E-state index < -0.39 is 5.97 Å². The molecule has 0 amide bonds. The summed E-state index contributed by atoms with van der Waals surface area (Å²) in [6.45, 7) is 2.83. The van der Waals surface area contributed by atoms with Crippen molar-refractivity contribution in [2.45, 2.75) is 38.1 Å². The summed E-state index contributed by atoms with van der Waals surface area (Å²) < 4.78 is 1.90. The summed E-state index contributed by atoms with van der Waals surface area (Å²) in [7, 11) is 0. The molecule has 0 spiro atoms. The Morgan fingerprint density at radius 1 is 1.71 bits per heavy atom. The molecule has 4 heteroatoms. The Labute approximate surface area is 82.5 Å². The Bertz CT molecular complexity index is 353. The quantitative estimate of drug-likeness (QED) is 0.788. The van der Waals surface area contributed by atoms with Gasteiger partial charge in [-0.1, -0.05) is 0 Å². The van der Waals surface area contributed by atoms with Gasteiger partial charge in [-0.3, -0.25) is 9.48 Å². The van der Waals surface area contributed by atoms with Gasteiger partial charge < -0.3 is 5.11 Å². The van der Waals surface area contributed by atoms with Crippen LogP contribution in [0.4, 0.5) is 0 Å². The first kappa shape index (κ1) is 9.24. The zero-order chi connectivity index (χ0) is 10.2. The highest BCUT2D eigenvalue weighted by molar-refractivity contribution is 5.69. The Balaban J connectivity index is 2.25. The molecule has 1 aliphatic rings. The number of aromatic nitrogens is 2. The van der Waals surface area contributed by atoms with Gasteiger partial charge in [0, 0.05) is 23.9 Å². The lowest BCUT2D eigenvalue weighted by Crippen LogP contribution is -2.18. The SMILES string of the molecule is CCn1nccc1C1(CC(=O)O)CC1. The maximum Gasteiger partial charge on any atom is 0.304 e. The number of rotatable bonds is 4. The number of carbonyl (C=O) groups is 1. The van der Waals surface area contributed by atoms with Crippen LogP contribution in [0.5, 0.6) is 0 Å². The smallest absolute Gasteiger partial charge is 0.304 e. The van der Waals surface area contributed by atoms with E-state index in [-0.39, 0.29) is 11.8 Å². The fraction of sp³-hybridized carbons (Fsp3) is 0.600. The minimum atomic E-state index is -0.716. The van der Waals surface area contributed by atoms with Crippen LogP contribution in [0.1, 0.15) is 31.9 Å². The monoisotopic (exact) mass is 194 g/mol. The van der Waals surface area contributed by atoms with E-state index >= 15 is 0 Å². The first-order valence-electron chi connectivity index (χ1n) is 4.92. The number of aliphatic carboxylic acids is 1. The molecular weight excluding hydrogens is 180 g/mol. The van der Waals surface area contributed by atoms with Crippen molar-refractivity contribution in [3.8, 4) is 0 Å². The van der Waals surface area contributed by atoms with Crippen LogP contribution < -0.4 is 0 Å². The second kappa shape index (κ2) is 3.12. The lowest BCUT2D eigenvalue weighted by atomic mass is 9.98. The standard InChI is InChI=1S/C10H14N2O2/c1-2-12-8(3-6-11-12)10(4-5-10)7-9(13)14/h3,6H,2,4-5,7H2,1H3,(H,13,14). The van der Waals surface area contributed by atoms with Gasteiger partial charge in [-0.05, 0) is 25.8 Å². The zero-order valence-electron chi connectivity index (χ0n) is 8.23. The van der Waals surface area contributed by atoms with Gasteiger partial charge in [-0.25, -0.2) is 0 Å². The van der Waals surface area contributed by atoms with Gasteiger partial charge in [0.15, 0.2) is 0 Å². The molecule has 1 aromatic heterocycles. The number of carboxylic acid groups (broad SMARTS) is 1. The maximum absolute atomic E-state index is 10.7. The first-order valence-corrected chi connectivity index (χ1v) is 4.92. The van der Waals surface area contributed by atoms with E-state index in [1.54, 1.807) is 6.20 Å². The average molecular weight is 194 g/mol. The molecule has 0 atom stereocenters.